The maximum Gasteiger partial charge on any atom is 0.319 e. The van der Waals surface area contributed by atoms with Gasteiger partial charge in [0.15, 0.2) is 0 Å². The SMILES string of the molecule is O=C(CNC(=O)Nc1ccc([N+](=O)[O-])cc1Cl)N/N=C/Cc1ccccc1. The summed E-state index contributed by atoms with van der Waals surface area (Å²) in [5.41, 5.74) is 3.33. The van der Waals surface area contributed by atoms with Crippen LogP contribution >= 0.6 is 11.6 Å². The predicted octanol–water partition coefficient (Wildman–Crippen LogP) is 2.71. The van der Waals surface area contributed by atoms with Gasteiger partial charge in [-0.25, -0.2) is 10.2 Å². The fraction of sp³-hybridized carbons (Fsp3) is 0.118. The summed E-state index contributed by atoms with van der Waals surface area (Å²) in [5, 5.41) is 19.2. The van der Waals surface area contributed by atoms with Gasteiger partial charge < -0.3 is 10.6 Å². The average molecular weight is 390 g/mol. The molecule has 3 amide bonds. The van der Waals surface area contributed by atoms with Crippen molar-refractivity contribution in [2.24, 2.45) is 5.10 Å². The smallest absolute Gasteiger partial charge is 0.319 e. The first-order valence-corrected chi connectivity index (χ1v) is 8.16. The number of carbonyl (C=O) groups is 2. The van der Waals surface area contributed by atoms with E-state index in [1.807, 2.05) is 30.3 Å². The second-order valence-corrected chi connectivity index (χ2v) is 5.67. The number of benzene rings is 2. The molecule has 2 aromatic carbocycles. The number of non-ortho nitro benzene ring substituents is 1. The molecule has 0 aliphatic rings. The van der Waals surface area contributed by atoms with Crippen LogP contribution in [0.25, 0.3) is 0 Å². The van der Waals surface area contributed by atoms with Crippen molar-refractivity contribution in [3.63, 3.8) is 0 Å². The van der Waals surface area contributed by atoms with Gasteiger partial charge in [0.25, 0.3) is 11.6 Å². The topological polar surface area (TPSA) is 126 Å². The molecule has 0 unspecified atom stereocenters. The summed E-state index contributed by atoms with van der Waals surface area (Å²) in [6.07, 6.45) is 2.11. The summed E-state index contributed by atoms with van der Waals surface area (Å²) in [7, 11) is 0. The Labute approximate surface area is 159 Å². The van der Waals surface area contributed by atoms with Crippen LogP contribution in [0.2, 0.25) is 5.02 Å². The van der Waals surface area contributed by atoms with Gasteiger partial charge in [-0.05, 0) is 11.6 Å². The first-order valence-electron chi connectivity index (χ1n) is 7.79. The predicted molar refractivity (Wildman–Crippen MR) is 102 cm³/mol. The Kier molecular flexibility index (Phi) is 7.26. The second-order valence-electron chi connectivity index (χ2n) is 5.27. The highest BCUT2D eigenvalue weighted by atomic mass is 35.5. The number of halogens is 1. The molecule has 0 aliphatic heterocycles. The first-order chi connectivity index (χ1) is 13.0. The summed E-state index contributed by atoms with van der Waals surface area (Å²) in [4.78, 5) is 33.4. The van der Waals surface area contributed by atoms with E-state index in [-0.39, 0.29) is 22.9 Å². The van der Waals surface area contributed by atoms with Crippen LogP contribution in [0, 0.1) is 10.1 Å². The van der Waals surface area contributed by atoms with Crippen LogP contribution in [0.4, 0.5) is 16.2 Å². The van der Waals surface area contributed by atoms with Crippen LogP contribution < -0.4 is 16.1 Å². The lowest BCUT2D eigenvalue weighted by molar-refractivity contribution is -0.384. The number of carbonyl (C=O) groups excluding carboxylic acids is 2. The minimum Gasteiger partial charge on any atom is -0.329 e. The van der Waals surface area contributed by atoms with E-state index in [2.05, 4.69) is 21.2 Å². The fourth-order valence-electron chi connectivity index (χ4n) is 1.97. The molecule has 0 atom stereocenters. The molecule has 0 saturated heterocycles. The highest BCUT2D eigenvalue weighted by Gasteiger charge is 2.12. The third-order valence-electron chi connectivity index (χ3n) is 3.27. The van der Waals surface area contributed by atoms with Gasteiger partial charge in [-0.1, -0.05) is 41.9 Å². The summed E-state index contributed by atoms with van der Waals surface area (Å²) in [5.74, 6) is -0.510. The van der Waals surface area contributed by atoms with Crippen molar-refractivity contribution in [2.75, 3.05) is 11.9 Å². The Balaban J connectivity index is 1.73. The molecule has 0 radical (unpaired) electrons. The monoisotopic (exact) mass is 389 g/mol. The Bertz CT molecular complexity index is 858. The van der Waals surface area contributed by atoms with Crippen molar-refractivity contribution in [1.82, 2.24) is 10.7 Å². The zero-order chi connectivity index (χ0) is 19.6. The Morgan fingerprint density at radius 2 is 1.93 bits per heavy atom. The maximum absolute atomic E-state index is 11.8. The third kappa shape index (κ3) is 6.75. The number of nitro benzene ring substituents is 1. The number of hydrogen-bond donors (Lipinski definition) is 3. The molecule has 0 heterocycles. The number of hydrazone groups is 1. The zero-order valence-corrected chi connectivity index (χ0v) is 14.8. The van der Waals surface area contributed by atoms with Crippen LogP contribution in [-0.2, 0) is 11.2 Å². The number of nitro groups is 1. The van der Waals surface area contributed by atoms with Crippen LogP contribution in [0.1, 0.15) is 5.56 Å². The zero-order valence-electron chi connectivity index (χ0n) is 14.0. The van der Waals surface area contributed by atoms with Gasteiger partial charge in [-0.3, -0.25) is 14.9 Å². The van der Waals surface area contributed by atoms with Crippen molar-refractivity contribution in [3.05, 3.63) is 69.2 Å². The summed E-state index contributed by atoms with van der Waals surface area (Å²) in [6.45, 7) is -0.306. The molecule has 0 saturated carbocycles. The Morgan fingerprint density at radius 3 is 2.59 bits per heavy atom. The Morgan fingerprint density at radius 1 is 1.19 bits per heavy atom. The van der Waals surface area contributed by atoms with Crippen molar-refractivity contribution >= 4 is 41.1 Å². The third-order valence-corrected chi connectivity index (χ3v) is 3.58. The minimum atomic E-state index is -0.686. The minimum absolute atomic E-state index is 0.00862. The molecule has 2 aromatic rings. The second kappa shape index (κ2) is 9.88. The molecule has 0 bridgehead atoms. The quantitative estimate of drug-likeness (QED) is 0.382. The van der Waals surface area contributed by atoms with Crippen LogP contribution in [-0.4, -0.2) is 29.6 Å². The van der Waals surface area contributed by atoms with E-state index in [0.717, 1.165) is 11.6 Å². The van der Waals surface area contributed by atoms with Crippen LogP contribution in [0.5, 0.6) is 0 Å². The standard InChI is InChI=1S/C17H16ClN5O4/c18-14-10-13(23(26)27)6-7-15(14)21-17(25)19-11-16(24)22-20-9-8-12-4-2-1-3-5-12/h1-7,9-10H,8,11H2,(H,22,24)(H2,19,21,25)/b20-9+. The van der Waals surface area contributed by atoms with E-state index in [0.29, 0.717) is 6.42 Å². The fourth-order valence-corrected chi connectivity index (χ4v) is 2.19. The van der Waals surface area contributed by atoms with Gasteiger partial charge in [0, 0.05) is 24.8 Å². The molecule has 0 spiro atoms. The highest BCUT2D eigenvalue weighted by Crippen LogP contribution is 2.26. The Hall–Kier alpha value is -3.46. The van der Waals surface area contributed by atoms with Gasteiger partial charge >= 0.3 is 6.03 Å². The van der Waals surface area contributed by atoms with E-state index < -0.39 is 16.9 Å². The van der Waals surface area contributed by atoms with Gasteiger partial charge in [-0.2, -0.15) is 5.10 Å². The van der Waals surface area contributed by atoms with Gasteiger partial charge in [0.2, 0.25) is 0 Å². The summed E-state index contributed by atoms with van der Waals surface area (Å²) in [6, 6.07) is 12.5. The van der Waals surface area contributed by atoms with Gasteiger partial charge in [0.1, 0.15) is 6.54 Å². The largest absolute Gasteiger partial charge is 0.329 e. The van der Waals surface area contributed by atoms with Gasteiger partial charge in [0.05, 0.1) is 15.6 Å². The molecule has 0 aliphatic carbocycles. The molecule has 3 N–H and O–H groups in total. The van der Waals surface area contributed by atoms with E-state index >= 15 is 0 Å². The average Bonchev–Trinajstić information content (AvgIpc) is 2.66. The molecular weight excluding hydrogens is 374 g/mol. The molecule has 0 aromatic heterocycles. The highest BCUT2D eigenvalue weighted by molar-refractivity contribution is 6.33. The van der Waals surface area contributed by atoms with Gasteiger partial charge in [-0.15, -0.1) is 0 Å². The number of amides is 3. The van der Waals surface area contributed by atoms with Crippen molar-refractivity contribution in [3.8, 4) is 0 Å². The lowest BCUT2D eigenvalue weighted by Crippen LogP contribution is -2.37. The normalized spacial score (nSPS) is 10.4. The number of hydrogen-bond acceptors (Lipinski definition) is 5. The van der Waals surface area contributed by atoms with Crippen LogP contribution in [0.3, 0.4) is 0 Å². The number of nitrogens with one attached hydrogen (secondary N) is 3. The molecule has 27 heavy (non-hydrogen) atoms. The lowest BCUT2D eigenvalue weighted by atomic mass is 10.2. The number of nitrogens with zero attached hydrogens (tertiary/aromatic N) is 2. The molecular formula is C17H16ClN5O4. The van der Waals surface area contributed by atoms with Crippen molar-refractivity contribution in [2.45, 2.75) is 6.42 Å². The lowest BCUT2D eigenvalue weighted by Gasteiger charge is -2.08. The number of rotatable bonds is 7. The number of urea groups is 1. The van der Waals surface area contributed by atoms with E-state index in [4.69, 9.17) is 11.6 Å². The first kappa shape index (κ1) is 19.9. The summed E-state index contributed by atoms with van der Waals surface area (Å²) >= 11 is 5.87. The maximum atomic E-state index is 11.8. The van der Waals surface area contributed by atoms with E-state index in [1.165, 1.54) is 12.1 Å². The van der Waals surface area contributed by atoms with Crippen LogP contribution in [0.15, 0.2) is 53.6 Å². The molecule has 10 heteroatoms. The van der Waals surface area contributed by atoms with Crippen molar-refractivity contribution in [1.29, 1.82) is 0 Å². The molecule has 2 rings (SSSR count). The summed E-state index contributed by atoms with van der Waals surface area (Å²) < 4.78 is 0. The van der Waals surface area contributed by atoms with E-state index in [9.17, 15) is 19.7 Å². The molecule has 9 nitrogen and oxygen atoms in total. The van der Waals surface area contributed by atoms with Crippen molar-refractivity contribution < 1.29 is 14.5 Å². The molecule has 0 fully saturated rings. The van der Waals surface area contributed by atoms with E-state index in [1.54, 1.807) is 6.21 Å². The molecule has 140 valence electrons. The number of anilines is 1.